The van der Waals surface area contributed by atoms with Crippen molar-refractivity contribution in [1.82, 2.24) is 0 Å². The van der Waals surface area contributed by atoms with Gasteiger partial charge in [0.05, 0.1) is 31.0 Å². The molecule has 19 heavy (non-hydrogen) atoms. The molecule has 0 saturated heterocycles. The number of nitrogens with zero attached hydrogens (tertiary/aromatic N) is 1. The summed E-state index contributed by atoms with van der Waals surface area (Å²) in [6, 6.07) is 6.91. The summed E-state index contributed by atoms with van der Waals surface area (Å²) in [5, 5.41) is 8.70. The highest BCUT2D eigenvalue weighted by molar-refractivity contribution is 5.91. The third-order valence-electron chi connectivity index (χ3n) is 3.39. The molecule has 1 fully saturated rings. The molecule has 1 aliphatic rings. The molecule has 0 spiro atoms. The highest BCUT2D eigenvalue weighted by Crippen LogP contribution is 2.48. The third kappa shape index (κ3) is 2.97. The number of nitrogens with two attached hydrogens (primary N) is 1. The number of hydrogen-bond acceptors (Lipinski definition) is 5. The maximum absolute atomic E-state index is 11.9. The second kappa shape index (κ2) is 5.19. The normalized spacial score (nSPS) is 15.4. The molecule has 0 radical (unpaired) electrons. The van der Waals surface area contributed by atoms with E-state index in [1.807, 2.05) is 0 Å². The van der Waals surface area contributed by atoms with Crippen LogP contribution in [0.2, 0.25) is 0 Å². The van der Waals surface area contributed by atoms with Crippen LogP contribution in [-0.4, -0.2) is 19.7 Å². The topological polar surface area (TPSA) is 85.3 Å². The van der Waals surface area contributed by atoms with Gasteiger partial charge in [-0.25, -0.2) is 4.79 Å². The van der Waals surface area contributed by atoms with Gasteiger partial charge >= 0.3 is 5.97 Å². The Balaban J connectivity index is 1.97. The lowest BCUT2D eigenvalue weighted by atomic mass is 10.1. The van der Waals surface area contributed by atoms with Gasteiger partial charge in [0, 0.05) is 11.8 Å². The molecule has 1 saturated carbocycles. The highest BCUT2D eigenvalue weighted by atomic mass is 16.5. The summed E-state index contributed by atoms with van der Waals surface area (Å²) in [6.07, 6.45) is 2.32. The van der Waals surface area contributed by atoms with E-state index in [-0.39, 0.29) is 5.41 Å². The molecule has 100 valence electrons. The van der Waals surface area contributed by atoms with E-state index < -0.39 is 5.97 Å². The van der Waals surface area contributed by atoms with Crippen molar-refractivity contribution in [2.45, 2.75) is 19.3 Å². The van der Waals surface area contributed by atoms with Gasteiger partial charge in [0.1, 0.15) is 5.75 Å². The zero-order valence-electron chi connectivity index (χ0n) is 10.8. The molecule has 1 aromatic carbocycles. The number of benzene rings is 1. The molecule has 5 heteroatoms. The fourth-order valence-electron chi connectivity index (χ4n) is 1.88. The minimum Gasteiger partial charge on any atom is -0.495 e. The first kappa shape index (κ1) is 13.2. The van der Waals surface area contributed by atoms with Crippen molar-refractivity contribution in [3.8, 4) is 11.8 Å². The van der Waals surface area contributed by atoms with Crippen molar-refractivity contribution < 1.29 is 14.3 Å². The Morgan fingerprint density at radius 1 is 1.53 bits per heavy atom. The molecule has 2 N–H and O–H groups in total. The van der Waals surface area contributed by atoms with Crippen LogP contribution in [-0.2, 0) is 4.74 Å². The minimum absolute atomic E-state index is 0.109. The maximum atomic E-state index is 11.9. The second-order valence-electron chi connectivity index (χ2n) is 4.87. The van der Waals surface area contributed by atoms with E-state index in [1.54, 1.807) is 12.1 Å². The summed E-state index contributed by atoms with van der Waals surface area (Å²) >= 11 is 0. The summed E-state index contributed by atoms with van der Waals surface area (Å²) in [5.74, 6) is 0.110. The molecule has 0 amide bonds. The summed E-state index contributed by atoms with van der Waals surface area (Å²) in [6.45, 7) is 0.297. The lowest BCUT2D eigenvalue weighted by Gasteiger charge is -2.12. The molecular formula is C14H16N2O3. The van der Waals surface area contributed by atoms with E-state index in [0.29, 0.717) is 30.0 Å². The van der Waals surface area contributed by atoms with Gasteiger partial charge in [-0.1, -0.05) is 0 Å². The standard InChI is InChI=1S/C14H16N2O3/c1-18-12-3-2-10(8-11(12)16)13(17)19-9-14(4-5-14)6-7-15/h2-3,8H,4-6,9,16H2,1H3. The average Bonchev–Trinajstić information content (AvgIpc) is 3.16. The number of carbonyl (C=O) groups is 1. The average molecular weight is 260 g/mol. The van der Waals surface area contributed by atoms with Gasteiger partial charge in [-0.15, -0.1) is 0 Å². The molecule has 0 unspecified atom stereocenters. The largest absolute Gasteiger partial charge is 0.495 e. The van der Waals surface area contributed by atoms with Gasteiger partial charge in [0.25, 0.3) is 0 Å². The van der Waals surface area contributed by atoms with Crippen molar-refractivity contribution >= 4 is 11.7 Å². The van der Waals surface area contributed by atoms with Gasteiger partial charge in [-0.2, -0.15) is 5.26 Å². The van der Waals surface area contributed by atoms with Gasteiger partial charge in [-0.05, 0) is 31.0 Å². The second-order valence-corrected chi connectivity index (χ2v) is 4.87. The number of carbonyl (C=O) groups excluding carboxylic acids is 1. The van der Waals surface area contributed by atoms with Crippen molar-refractivity contribution in [1.29, 1.82) is 5.26 Å². The van der Waals surface area contributed by atoms with Gasteiger partial charge in [-0.3, -0.25) is 0 Å². The smallest absolute Gasteiger partial charge is 0.338 e. The number of nitriles is 1. The van der Waals surface area contributed by atoms with Crippen LogP contribution in [0.4, 0.5) is 5.69 Å². The van der Waals surface area contributed by atoms with Crippen molar-refractivity contribution in [2.24, 2.45) is 5.41 Å². The number of esters is 1. The fraction of sp³-hybridized carbons (Fsp3) is 0.429. The number of methoxy groups -OCH3 is 1. The first-order valence-electron chi connectivity index (χ1n) is 6.08. The molecule has 0 bridgehead atoms. The SMILES string of the molecule is COc1ccc(C(=O)OCC2(CC#N)CC2)cc1N. The Morgan fingerprint density at radius 3 is 2.79 bits per heavy atom. The van der Waals surface area contributed by atoms with E-state index in [0.717, 1.165) is 12.8 Å². The molecule has 0 atom stereocenters. The molecule has 2 rings (SSSR count). The molecule has 1 aliphatic carbocycles. The Morgan fingerprint density at radius 2 is 2.26 bits per heavy atom. The van der Waals surface area contributed by atoms with E-state index >= 15 is 0 Å². The Bertz CT molecular complexity index is 530. The van der Waals surface area contributed by atoms with Crippen LogP contribution in [0.5, 0.6) is 5.75 Å². The summed E-state index contributed by atoms with van der Waals surface area (Å²) in [4.78, 5) is 11.9. The van der Waals surface area contributed by atoms with E-state index in [1.165, 1.54) is 13.2 Å². The number of anilines is 1. The zero-order valence-corrected chi connectivity index (χ0v) is 10.8. The Hall–Kier alpha value is -2.22. The molecule has 1 aromatic rings. The van der Waals surface area contributed by atoms with Crippen LogP contribution in [0.1, 0.15) is 29.6 Å². The van der Waals surface area contributed by atoms with E-state index in [2.05, 4.69) is 6.07 Å². The van der Waals surface area contributed by atoms with Crippen molar-refractivity contribution in [3.05, 3.63) is 23.8 Å². The number of rotatable bonds is 5. The van der Waals surface area contributed by atoms with Crippen LogP contribution in [0.15, 0.2) is 18.2 Å². The zero-order chi connectivity index (χ0) is 13.9. The van der Waals surface area contributed by atoms with Crippen LogP contribution in [0.3, 0.4) is 0 Å². The first-order valence-corrected chi connectivity index (χ1v) is 6.08. The molecule has 0 heterocycles. The molecule has 0 aliphatic heterocycles. The van der Waals surface area contributed by atoms with Gasteiger partial charge < -0.3 is 15.2 Å². The molecular weight excluding hydrogens is 244 g/mol. The summed E-state index contributed by atoms with van der Waals surface area (Å²) < 4.78 is 10.3. The summed E-state index contributed by atoms with van der Waals surface area (Å²) in [7, 11) is 1.52. The van der Waals surface area contributed by atoms with Crippen LogP contribution >= 0.6 is 0 Å². The quantitative estimate of drug-likeness (QED) is 0.647. The van der Waals surface area contributed by atoms with Crippen molar-refractivity contribution in [3.63, 3.8) is 0 Å². The predicted molar refractivity (Wildman–Crippen MR) is 69.6 cm³/mol. The van der Waals surface area contributed by atoms with Gasteiger partial charge in [0.15, 0.2) is 0 Å². The Kier molecular flexibility index (Phi) is 3.61. The first-order chi connectivity index (χ1) is 9.10. The van der Waals surface area contributed by atoms with Crippen LogP contribution in [0.25, 0.3) is 0 Å². The monoisotopic (exact) mass is 260 g/mol. The van der Waals surface area contributed by atoms with Gasteiger partial charge in [0.2, 0.25) is 0 Å². The minimum atomic E-state index is -0.418. The number of nitrogen functional groups attached to an aromatic ring is 1. The number of ether oxygens (including phenoxy) is 2. The molecule has 5 nitrogen and oxygen atoms in total. The fourth-order valence-corrected chi connectivity index (χ4v) is 1.88. The summed E-state index contributed by atoms with van der Waals surface area (Å²) in [5.41, 5.74) is 6.42. The van der Waals surface area contributed by atoms with Crippen LogP contribution in [0, 0.1) is 16.7 Å². The molecule has 0 aromatic heterocycles. The third-order valence-corrected chi connectivity index (χ3v) is 3.39. The van der Waals surface area contributed by atoms with Crippen LogP contribution < -0.4 is 10.5 Å². The highest BCUT2D eigenvalue weighted by Gasteiger charge is 2.43. The lowest BCUT2D eigenvalue weighted by Crippen LogP contribution is -2.15. The van der Waals surface area contributed by atoms with E-state index in [4.69, 9.17) is 20.5 Å². The maximum Gasteiger partial charge on any atom is 0.338 e. The predicted octanol–water partition coefficient (Wildman–Crippen LogP) is 2.13. The lowest BCUT2D eigenvalue weighted by molar-refractivity contribution is 0.0419. The Labute approximate surface area is 111 Å². The number of hydrogen-bond donors (Lipinski definition) is 1. The van der Waals surface area contributed by atoms with E-state index in [9.17, 15) is 4.79 Å². The van der Waals surface area contributed by atoms with Crippen molar-refractivity contribution in [2.75, 3.05) is 19.5 Å².